The van der Waals surface area contributed by atoms with E-state index in [0.29, 0.717) is 11.5 Å². The standard InChI is InChI=1S/C19H22N6O/c1-5-15-10-17(25(4)24-15)19(26)23-13(3)16-11-21-18(22-12(16)2)14-6-8-20-9-7-14/h6-11,13H,5H2,1-4H3,(H,23,26). The molecule has 7 heteroatoms. The number of aromatic nitrogens is 5. The highest BCUT2D eigenvalue weighted by Crippen LogP contribution is 2.20. The second kappa shape index (κ2) is 7.43. The van der Waals surface area contributed by atoms with Crippen molar-refractivity contribution in [2.45, 2.75) is 33.2 Å². The predicted molar refractivity (Wildman–Crippen MR) is 98.5 cm³/mol. The molecule has 0 fully saturated rings. The minimum atomic E-state index is -0.214. The van der Waals surface area contributed by atoms with E-state index in [2.05, 4.69) is 25.4 Å². The summed E-state index contributed by atoms with van der Waals surface area (Å²) in [7, 11) is 1.77. The van der Waals surface area contributed by atoms with Crippen LogP contribution in [-0.4, -0.2) is 30.6 Å². The van der Waals surface area contributed by atoms with E-state index in [1.165, 1.54) is 0 Å². The normalized spacial score (nSPS) is 12.0. The fourth-order valence-electron chi connectivity index (χ4n) is 2.80. The summed E-state index contributed by atoms with van der Waals surface area (Å²) in [5, 5.41) is 7.32. The zero-order valence-corrected chi connectivity index (χ0v) is 15.4. The third-order valence-electron chi connectivity index (χ3n) is 4.30. The van der Waals surface area contributed by atoms with Crippen LogP contribution >= 0.6 is 0 Å². The molecule has 134 valence electrons. The van der Waals surface area contributed by atoms with Gasteiger partial charge in [-0.25, -0.2) is 9.97 Å². The zero-order chi connectivity index (χ0) is 18.7. The lowest BCUT2D eigenvalue weighted by Gasteiger charge is -2.16. The summed E-state index contributed by atoms with van der Waals surface area (Å²) in [6.07, 6.45) is 5.98. The fourth-order valence-corrected chi connectivity index (χ4v) is 2.80. The van der Waals surface area contributed by atoms with Crippen LogP contribution < -0.4 is 5.32 Å². The first-order chi connectivity index (χ1) is 12.5. The SMILES string of the molecule is CCc1cc(C(=O)NC(C)c2cnc(-c3ccncc3)nc2C)n(C)n1. The molecule has 3 aromatic heterocycles. The second-order valence-electron chi connectivity index (χ2n) is 6.16. The van der Waals surface area contributed by atoms with Gasteiger partial charge in [0.25, 0.3) is 5.91 Å². The molecule has 0 saturated heterocycles. The predicted octanol–water partition coefficient (Wildman–Crippen LogP) is 2.63. The maximum atomic E-state index is 12.6. The maximum absolute atomic E-state index is 12.6. The molecule has 0 aromatic carbocycles. The first-order valence-electron chi connectivity index (χ1n) is 8.57. The van der Waals surface area contributed by atoms with Crippen molar-refractivity contribution in [3.05, 3.63) is 59.4 Å². The topological polar surface area (TPSA) is 85.6 Å². The van der Waals surface area contributed by atoms with Crippen LogP contribution in [0.3, 0.4) is 0 Å². The summed E-state index contributed by atoms with van der Waals surface area (Å²) in [5.74, 6) is 0.483. The first-order valence-corrected chi connectivity index (χ1v) is 8.57. The average Bonchev–Trinajstić information content (AvgIpc) is 3.03. The van der Waals surface area contributed by atoms with Crippen molar-refractivity contribution in [3.63, 3.8) is 0 Å². The molecule has 3 aromatic rings. The number of nitrogens with one attached hydrogen (secondary N) is 1. The van der Waals surface area contributed by atoms with Gasteiger partial charge in [-0.1, -0.05) is 6.92 Å². The van der Waals surface area contributed by atoms with Gasteiger partial charge in [0.1, 0.15) is 5.69 Å². The lowest BCUT2D eigenvalue weighted by molar-refractivity contribution is 0.0930. The van der Waals surface area contributed by atoms with E-state index in [1.54, 1.807) is 30.3 Å². The molecular formula is C19H22N6O. The first kappa shape index (κ1) is 17.7. The van der Waals surface area contributed by atoms with Crippen molar-refractivity contribution in [1.82, 2.24) is 30.0 Å². The van der Waals surface area contributed by atoms with Crippen molar-refractivity contribution < 1.29 is 4.79 Å². The third kappa shape index (κ3) is 3.61. The van der Waals surface area contributed by atoms with Crippen LogP contribution in [-0.2, 0) is 13.5 Å². The van der Waals surface area contributed by atoms with Gasteiger partial charge in [0, 0.05) is 42.5 Å². The Labute approximate surface area is 152 Å². The number of hydrogen-bond acceptors (Lipinski definition) is 5. The molecular weight excluding hydrogens is 328 g/mol. The third-order valence-corrected chi connectivity index (χ3v) is 4.30. The lowest BCUT2D eigenvalue weighted by Crippen LogP contribution is -2.29. The Kier molecular flexibility index (Phi) is 5.06. The molecule has 7 nitrogen and oxygen atoms in total. The Hall–Kier alpha value is -3.09. The van der Waals surface area contributed by atoms with Crippen molar-refractivity contribution >= 4 is 5.91 Å². The molecule has 0 aliphatic rings. The summed E-state index contributed by atoms with van der Waals surface area (Å²) in [5.41, 5.74) is 4.06. The van der Waals surface area contributed by atoms with Gasteiger partial charge in [-0.05, 0) is 38.5 Å². The second-order valence-corrected chi connectivity index (χ2v) is 6.16. The molecule has 26 heavy (non-hydrogen) atoms. The number of carbonyl (C=O) groups excluding carboxylic acids is 1. The highest BCUT2D eigenvalue weighted by atomic mass is 16.2. The minimum absolute atomic E-state index is 0.162. The van der Waals surface area contributed by atoms with E-state index < -0.39 is 0 Å². The molecule has 0 aliphatic carbocycles. The Balaban J connectivity index is 1.78. The lowest BCUT2D eigenvalue weighted by atomic mass is 10.1. The van der Waals surface area contributed by atoms with Crippen molar-refractivity contribution in [1.29, 1.82) is 0 Å². The average molecular weight is 350 g/mol. The molecule has 1 N–H and O–H groups in total. The van der Waals surface area contributed by atoms with Gasteiger partial charge in [0.15, 0.2) is 5.82 Å². The van der Waals surface area contributed by atoms with Crippen LogP contribution in [0, 0.1) is 6.92 Å². The van der Waals surface area contributed by atoms with Gasteiger partial charge < -0.3 is 5.32 Å². The molecule has 0 bridgehead atoms. The van der Waals surface area contributed by atoms with Crippen LogP contribution in [0.2, 0.25) is 0 Å². The van der Waals surface area contributed by atoms with Crippen LogP contribution in [0.4, 0.5) is 0 Å². The number of aryl methyl sites for hydroxylation is 3. The number of amides is 1. The van der Waals surface area contributed by atoms with E-state index in [1.807, 2.05) is 39.0 Å². The Morgan fingerprint density at radius 3 is 2.65 bits per heavy atom. The van der Waals surface area contributed by atoms with Crippen LogP contribution in [0.5, 0.6) is 0 Å². The number of carbonyl (C=O) groups is 1. The van der Waals surface area contributed by atoms with Crippen molar-refractivity contribution in [2.75, 3.05) is 0 Å². The van der Waals surface area contributed by atoms with Gasteiger partial charge in [-0.2, -0.15) is 5.10 Å². The van der Waals surface area contributed by atoms with E-state index in [4.69, 9.17) is 0 Å². The van der Waals surface area contributed by atoms with Crippen LogP contribution in [0.25, 0.3) is 11.4 Å². The highest BCUT2D eigenvalue weighted by molar-refractivity contribution is 5.92. The van der Waals surface area contributed by atoms with E-state index >= 15 is 0 Å². The number of rotatable bonds is 5. The number of hydrogen-bond donors (Lipinski definition) is 1. The summed E-state index contributed by atoms with van der Waals surface area (Å²) < 4.78 is 1.61. The highest BCUT2D eigenvalue weighted by Gasteiger charge is 2.18. The van der Waals surface area contributed by atoms with Gasteiger partial charge >= 0.3 is 0 Å². The molecule has 0 saturated carbocycles. The van der Waals surface area contributed by atoms with Crippen LogP contribution in [0.15, 0.2) is 36.8 Å². The monoisotopic (exact) mass is 350 g/mol. The largest absolute Gasteiger partial charge is 0.344 e. The fraction of sp³-hybridized carbons (Fsp3) is 0.316. The molecule has 3 rings (SSSR count). The maximum Gasteiger partial charge on any atom is 0.270 e. The van der Waals surface area contributed by atoms with Crippen molar-refractivity contribution in [3.8, 4) is 11.4 Å². The van der Waals surface area contributed by atoms with Gasteiger partial charge in [-0.3, -0.25) is 14.5 Å². The Morgan fingerprint density at radius 2 is 2.04 bits per heavy atom. The number of nitrogens with zero attached hydrogens (tertiary/aromatic N) is 5. The van der Waals surface area contributed by atoms with Gasteiger partial charge in [0.2, 0.25) is 0 Å². The summed E-state index contributed by atoms with van der Waals surface area (Å²) in [6, 6.07) is 5.34. The Bertz CT molecular complexity index is 919. The minimum Gasteiger partial charge on any atom is -0.344 e. The van der Waals surface area contributed by atoms with Gasteiger partial charge in [0.05, 0.1) is 11.7 Å². The van der Waals surface area contributed by atoms with E-state index in [9.17, 15) is 4.79 Å². The van der Waals surface area contributed by atoms with E-state index in [0.717, 1.165) is 28.9 Å². The molecule has 3 heterocycles. The Morgan fingerprint density at radius 1 is 1.31 bits per heavy atom. The summed E-state index contributed by atoms with van der Waals surface area (Å²) in [6.45, 7) is 5.86. The molecule has 0 radical (unpaired) electrons. The summed E-state index contributed by atoms with van der Waals surface area (Å²) >= 11 is 0. The molecule has 0 spiro atoms. The molecule has 1 amide bonds. The molecule has 0 aliphatic heterocycles. The summed E-state index contributed by atoms with van der Waals surface area (Å²) in [4.78, 5) is 25.6. The molecule has 1 unspecified atom stereocenters. The number of pyridine rings is 1. The van der Waals surface area contributed by atoms with Crippen molar-refractivity contribution in [2.24, 2.45) is 7.05 Å². The van der Waals surface area contributed by atoms with Crippen LogP contribution in [0.1, 0.15) is 47.3 Å². The smallest absolute Gasteiger partial charge is 0.270 e. The molecule has 1 atom stereocenters. The van der Waals surface area contributed by atoms with E-state index in [-0.39, 0.29) is 11.9 Å². The van der Waals surface area contributed by atoms with Gasteiger partial charge in [-0.15, -0.1) is 0 Å². The quantitative estimate of drug-likeness (QED) is 0.764. The zero-order valence-electron chi connectivity index (χ0n) is 15.4.